The van der Waals surface area contributed by atoms with E-state index in [0.29, 0.717) is 21.6 Å². The molecule has 0 spiro atoms. The van der Waals surface area contributed by atoms with Gasteiger partial charge in [-0.2, -0.15) is 0 Å². The molecule has 0 atom stereocenters. The topological polar surface area (TPSA) is 53.0 Å². The summed E-state index contributed by atoms with van der Waals surface area (Å²) in [6, 6.07) is 12.5. The molecule has 0 aliphatic heterocycles. The Hall–Kier alpha value is -0.754. The van der Waals surface area contributed by atoms with E-state index in [1.165, 1.54) is 0 Å². The number of nitrogens with zero attached hydrogens (tertiary/aromatic N) is 1. The van der Waals surface area contributed by atoms with Crippen LogP contribution >= 0.6 is 11.6 Å². The standard InChI is InChI=1S/C18H14ClNO2.K/c1-10-7-11(2)17-14(8-10)15(18(21)22)9-16(20-17)12-3-5-13(19)6-4-12;/h3-9H,1-2H3,(H,21,22);/q;+1/p-1. The Morgan fingerprint density at radius 2 is 1.74 bits per heavy atom. The van der Waals surface area contributed by atoms with Gasteiger partial charge in [-0.25, -0.2) is 4.98 Å². The van der Waals surface area contributed by atoms with Crippen LogP contribution in [0.2, 0.25) is 5.02 Å². The van der Waals surface area contributed by atoms with Crippen LogP contribution in [0.1, 0.15) is 21.5 Å². The summed E-state index contributed by atoms with van der Waals surface area (Å²) in [6.45, 7) is 3.85. The molecule has 3 rings (SSSR count). The number of aryl methyl sites for hydroxylation is 2. The molecule has 2 aromatic carbocycles. The Bertz CT molecular complexity index is 892. The van der Waals surface area contributed by atoms with Crippen molar-refractivity contribution in [2.45, 2.75) is 13.8 Å². The van der Waals surface area contributed by atoms with E-state index in [1.807, 2.05) is 38.1 Å². The molecular formula is C18H13ClKNO2. The van der Waals surface area contributed by atoms with E-state index >= 15 is 0 Å². The fourth-order valence-electron chi connectivity index (χ4n) is 2.62. The minimum absolute atomic E-state index is 0. The molecule has 0 amide bonds. The maximum Gasteiger partial charge on any atom is 1.00 e. The number of aromatic carboxylic acids is 1. The van der Waals surface area contributed by atoms with Gasteiger partial charge in [-0.1, -0.05) is 35.4 Å². The molecular weight excluding hydrogens is 337 g/mol. The van der Waals surface area contributed by atoms with Crippen LogP contribution < -0.4 is 56.5 Å². The summed E-state index contributed by atoms with van der Waals surface area (Å²) >= 11 is 5.89. The van der Waals surface area contributed by atoms with Crippen molar-refractivity contribution in [3.8, 4) is 11.3 Å². The van der Waals surface area contributed by atoms with E-state index in [-0.39, 0.29) is 56.9 Å². The first-order valence-corrected chi connectivity index (χ1v) is 7.23. The summed E-state index contributed by atoms with van der Waals surface area (Å²) in [7, 11) is 0. The average Bonchev–Trinajstić information content (AvgIpc) is 2.47. The number of benzene rings is 2. The number of carbonyl (C=O) groups excluding carboxylic acids is 1. The zero-order chi connectivity index (χ0) is 15.9. The van der Waals surface area contributed by atoms with Crippen LogP contribution in [0.4, 0.5) is 0 Å². The fraction of sp³-hybridized carbons (Fsp3) is 0.111. The monoisotopic (exact) mass is 349 g/mol. The molecule has 0 saturated heterocycles. The van der Waals surface area contributed by atoms with Crippen molar-refractivity contribution < 1.29 is 61.3 Å². The summed E-state index contributed by atoms with van der Waals surface area (Å²) < 4.78 is 0. The van der Waals surface area contributed by atoms with Crippen molar-refractivity contribution in [3.63, 3.8) is 0 Å². The normalized spacial score (nSPS) is 10.4. The van der Waals surface area contributed by atoms with E-state index in [0.717, 1.165) is 16.7 Å². The second kappa shape index (κ2) is 7.43. The third-order valence-corrected chi connectivity index (χ3v) is 3.86. The number of pyridine rings is 1. The number of carboxylic acids is 1. The predicted molar refractivity (Wildman–Crippen MR) is 86.0 cm³/mol. The Balaban J connectivity index is 0.00000192. The molecule has 0 radical (unpaired) electrons. The number of carbonyl (C=O) groups is 1. The van der Waals surface area contributed by atoms with Gasteiger partial charge in [0.25, 0.3) is 0 Å². The van der Waals surface area contributed by atoms with Crippen molar-refractivity contribution in [2.75, 3.05) is 0 Å². The molecule has 0 N–H and O–H groups in total. The molecule has 0 aliphatic rings. The van der Waals surface area contributed by atoms with Crippen LogP contribution in [0, 0.1) is 13.8 Å². The first-order valence-electron chi connectivity index (χ1n) is 6.85. The van der Waals surface area contributed by atoms with Crippen molar-refractivity contribution in [3.05, 3.63) is 64.2 Å². The molecule has 3 nitrogen and oxygen atoms in total. The SMILES string of the molecule is Cc1cc(C)c2nc(-c3ccc(Cl)cc3)cc(C(=O)[O-])c2c1.[K+]. The minimum atomic E-state index is -1.20. The number of aromatic nitrogens is 1. The van der Waals surface area contributed by atoms with Crippen LogP contribution in [-0.4, -0.2) is 11.0 Å². The first-order chi connectivity index (χ1) is 10.5. The third-order valence-electron chi connectivity index (χ3n) is 3.61. The maximum atomic E-state index is 11.5. The number of halogens is 1. The fourth-order valence-corrected chi connectivity index (χ4v) is 2.74. The molecule has 5 heteroatoms. The number of hydrogen-bond donors (Lipinski definition) is 0. The van der Waals surface area contributed by atoms with Gasteiger partial charge >= 0.3 is 51.4 Å². The van der Waals surface area contributed by atoms with Crippen LogP contribution in [0.25, 0.3) is 22.2 Å². The van der Waals surface area contributed by atoms with Crippen LogP contribution in [0.3, 0.4) is 0 Å². The number of hydrogen-bond acceptors (Lipinski definition) is 3. The van der Waals surface area contributed by atoms with Gasteiger partial charge in [-0.15, -0.1) is 0 Å². The van der Waals surface area contributed by atoms with Crippen LogP contribution in [-0.2, 0) is 0 Å². The number of rotatable bonds is 2. The molecule has 0 saturated carbocycles. The van der Waals surface area contributed by atoms with Crippen molar-refractivity contribution in [2.24, 2.45) is 0 Å². The van der Waals surface area contributed by atoms with E-state index in [9.17, 15) is 9.90 Å². The van der Waals surface area contributed by atoms with Gasteiger partial charge in [0.1, 0.15) is 0 Å². The van der Waals surface area contributed by atoms with Gasteiger partial charge in [-0.3, -0.25) is 0 Å². The molecule has 0 unspecified atom stereocenters. The second-order valence-corrected chi connectivity index (χ2v) is 5.76. The maximum absolute atomic E-state index is 11.5. The van der Waals surface area contributed by atoms with Gasteiger partial charge in [0.05, 0.1) is 17.2 Å². The largest absolute Gasteiger partial charge is 1.00 e. The van der Waals surface area contributed by atoms with E-state index in [2.05, 4.69) is 4.98 Å². The second-order valence-electron chi connectivity index (χ2n) is 5.33. The smallest absolute Gasteiger partial charge is 0.545 e. The quantitative estimate of drug-likeness (QED) is 0.635. The van der Waals surface area contributed by atoms with Gasteiger partial charge in [0.15, 0.2) is 0 Å². The Morgan fingerprint density at radius 1 is 1.09 bits per heavy atom. The molecule has 1 aromatic heterocycles. The van der Waals surface area contributed by atoms with Crippen molar-refractivity contribution in [1.82, 2.24) is 4.98 Å². The Kier molecular flexibility index (Phi) is 6.00. The summed E-state index contributed by atoms with van der Waals surface area (Å²) in [5, 5.41) is 12.7. The van der Waals surface area contributed by atoms with Gasteiger partial charge in [-0.05, 0) is 43.7 Å². The molecule has 23 heavy (non-hydrogen) atoms. The molecule has 3 aromatic rings. The third kappa shape index (κ3) is 3.84. The van der Waals surface area contributed by atoms with Gasteiger partial charge in [0.2, 0.25) is 0 Å². The Labute approximate surface area is 182 Å². The van der Waals surface area contributed by atoms with E-state index in [4.69, 9.17) is 11.6 Å². The van der Waals surface area contributed by atoms with Crippen molar-refractivity contribution >= 4 is 28.5 Å². The molecule has 110 valence electrons. The average molecular weight is 350 g/mol. The molecule has 0 bridgehead atoms. The summed E-state index contributed by atoms with van der Waals surface area (Å²) in [6.07, 6.45) is 0. The van der Waals surface area contributed by atoms with Gasteiger partial charge in [0, 0.05) is 21.5 Å². The van der Waals surface area contributed by atoms with Crippen LogP contribution in [0.15, 0.2) is 42.5 Å². The van der Waals surface area contributed by atoms with E-state index < -0.39 is 5.97 Å². The number of fused-ring (bicyclic) bond motifs is 1. The molecule has 0 aliphatic carbocycles. The molecule has 1 heterocycles. The number of carboxylic acid groups (broad SMARTS) is 1. The van der Waals surface area contributed by atoms with Crippen molar-refractivity contribution in [1.29, 1.82) is 0 Å². The predicted octanol–water partition coefficient (Wildman–Crippen LogP) is 0.540. The van der Waals surface area contributed by atoms with Crippen LogP contribution in [0.5, 0.6) is 0 Å². The summed E-state index contributed by atoms with van der Waals surface area (Å²) in [4.78, 5) is 16.1. The summed E-state index contributed by atoms with van der Waals surface area (Å²) in [5.41, 5.74) is 4.17. The summed E-state index contributed by atoms with van der Waals surface area (Å²) in [5.74, 6) is -1.20. The zero-order valence-electron chi connectivity index (χ0n) is 13.2. The Morgan fingerprint density at radius 3 is 2.35 bits per heavy atom. The zero-order valence-corrected chi connectivity index (χ0v) is 17.1. The first kappa shape index (κ1) is 18.6. The van der Waals surface area contributed by atoms with E-state index in [1.54, 1.807) is 18.2 Å². The van der Waals surface area contributed by atoms with Gasteiger partial charge < -0.3 is 9.90 Å². The minimum Gasteiger partial charge on any atom is -0.545 e. The molecule has 0 fully saturated rings.